The molecule has 4 rings (SSSR count). The quantitative estimate of drug-likeness (QED) is 0.385. The maximum atomic E-state index is 4.62. The van der Waals surface area contributed by atoms with Gasteiger partial charge in [-0.05, 0) is 0 Å². The van der Waals surface area contributed by atoms with Gasteiger partial charge in [0.25, 0.3) is 0 Å². The van der Waals surface area contributed by atoms with Gasteiger partial charge in [-0.1, -0.05) is 0 Å². The minimum atomic E-state index is 0.464. The van der Waals surface area contributed by atoms with Gasteiger partial charge in [-0.2, -0.15) is 0 Å². The number of nitrogens with zero attached hydrogens (tertiary/aromatic N) is 2. The predicted molar refractivity (Wildman–Crippen MR) is 87.5 cm³/mol. The van der Waals surface area contributed by atoms with E-state index in [0.29, 0.717) is 14.5 Å². The Hall–Kier alpha value is -1.96. The zero-order valence-electron chi connectivity index (χ0n) is 12.0. The van der Waals surface area contributed by atoms with Crippen molar-refractivity contribution >= 4 is 35.1 Å². The van der Waals surface area contributed by atoms with Crippen LogP contribution in [0.2, 0.25) is 0 Å². The first-order valence-electron chi connectivity index (χ1n) is 6.95. The molecular formula is C18H15N2Se+. The molecule has 0 atom stereocenters. The summed E-state index contributed by atoms with van der Waals surface area (Å²) in [5.74, 6) is 0. The van der Waals surface area contributed by atoms with E-state index in [-0.39, 0.29) is 0 Å². The van der Waals surface area contributed by atoms with Crippen molar-refractivity contribution in [3.63, 3.8) is 0 Å². The van der Waals surface area contributed by atoms with Crippen molar-refractivity contribution in [3.05, 3.63) is 59.3 Å². The molecule has 0 unspecified atom stereocenters. The van der Waals surface area contributed by atoms with E-state index in [1.165, 1.54) is 31.9 Å². The van der Waals surface area contributed by atoms with Crippen molar-refractivity contribution in [2.75, 3.05) is 0 Å². The normalized spacial score (nSPS) is 11.3. The second-order valence-electron chi connectivity index (χ2n) is 5.35. The summed E-state index contributed by atoms with van der Waals surface area (Å²) in [6.45, 7) is 2.16. The average molecular weight is 338 g/mol. The van der Waals surface area contributed by atoms with Crippen LogP contribution in [0.4, 0.5) is 0 Å². The summed E-state index contributed by atoms with van der Waals surface area (Å²) < 4.78 is 3.56. The number of benzene rings is 2. The van der Waals surface area contributed by atoms with Crippen LogP contribution in [0.1, 0.15) is 5.56 Å². The Morgan fingerprint density at radius 3 is 2.81 bits per heavy atom. The van der Waals surface area contributed by atoms with Gasteiger partial charge in [0.15, 0.2) is 0 Å². The van der Waals surface area contributed by atoms with Crippen molar-refractivity contribution in [3.8, 4) is 11.3 Å². The van der Waals surface area contributed by atoms with Crippen LogP contribution in [0.3, 0.4) is 0 Å². The molecule has 0 saturated heterocycles. The molecule has 2 aromatic carbocycles. The van der Waals surface area contributed by atoms with Crippen LogP contribution in [-0.4, -0.2) is 19.5 Å². The van der Waals surface area contributed by atoms with Gasteiger partial charge in [0.2, 0.25) is 0 Å². The second kappa shape index (κ2) is 4.80. The van der Waals surface area contributed by atoms with Crippen LogP contribution < -0.4 is 4.57 Å². The van der Waals surface area contributed by atoms with E-state index in [4.69, 9.17) is 0 Å². The van der Waals surface area contributed by atoms with Crippen molar-refractivity contribution in [2.45, 2.75) is 6.92 Å². The van der Waals surface area contributed by atoms with E-state index in [2.05, 4.69) is 70.9 Å². The topological polar surface area (TPSA) is 16.8 Å². The molecule has 0 N–H and O–H groups in total. The van der Waals surface area contributed by atoms with Gasteiger partial charge in [0.05, 0.1) is 0 Å². The van der Waals surface area contributed by atoms with E-state index < -0.39 is 0 Å². The summed E-state index contributed by atoms with van der Waals surface area (Å²) in [4.78, 5) is 6.90. The summed E-state index contributed by atoms with van der Waals surface area (Å²) >= 11 is 0.464. The Balaban J connectivity index is 2.16. The van der Waals surface area contributed by atoms with Crippen LogP contribution in [0.15, 0.2) is 53.7 Å². The molecule has 102 valence electrons. The molecule has 0 aliphatic heterocycles. The molecule has 0 saturated carbocycles. The van der Waals surface area contributed by atoms with Crippen molar-refractivity contribution in [1.29, 1.82) is 0 Å². The van der Waals surface area contributed by atoms with E-state index in [9.17, 15) is 0 Å². The molecule has 0 bridgehead atoms. The van der Waals surface area contributed by atoms with E-state index in [0.717, 1.165) is 5.52 Å². The summed E-state index contributed by atoms with van der Waals surface area (Å²) in [5, 5.41) is 2.58. The van der Waals surface area contributed by atoms with Crippen LogP contribution in [-0.2, 0) is 7.05 Å². The summed E-state index contributed by atoms with van der Waals surface area (Å²) in [5.41, 5.74) is 4.91. The first kappa shape index (κ1) is 12.8. The summed E-state index contributed by atoms with van der Waals surface area (Å²) in [7, 11) is 2.07. The molecule has 4 aromatic rings. The molecule has 2 nitrogen and oxygen atoms in total. The molecule has 0 aliphatic rings. The molecule has 0 aliphatic carbocycles. The van der Waals surface area contributed by atoms with E-state index in [1.54, 1.807) is 0 Å². The average Bonchev–Trinajstić information content (AvgIpc) is 2.94. The Labute approximate surface area is 129 Å². The van der Waals surface area contributed by atoms with Gasteiger partial charge in [-0.25, -0.2) is 0 Å². The van der Waals surface area contributed by atoms with Crippen LogP contribution in [0, 0.1) is 6.92 Å². The van der Waals surface area contributed by atoms with Crippen molar-refractivity contribution in [1.82, 2.24) is 4.98 Å². The van der Waals surface area contributed by atoms with Crippen LogP contribution in [0.25, 0.3) is 31.8 Å². The summed E-state index contributed by atoms with van der Waals surface area (Å²) in [6.07, 6.45) is 1.92. The first-order chi connectivity index (χ1) is 10.2. The van der Waals surface area contributed by atoms with Gasteiger partial charge < -0.3 is 0 Å². The molecule has 2 aromatic heterocycles. The van der Waals surface area contributed by atoms with Crippen LogP contribution >= 0.6 is 0 Å². The molecule has 0 fully saturated rings. The van der Waals surface area contributed by atoms with E-state index in [1.807, 2.05) is 6.33 Å². The molecule has 0 radical (unpaired) electrons. The van der Waals surface area contributed by atoms with Gasteiger partial charge >= 0.3 is 129 Å². The van der Waals surface area contributed by atoms with Gasteiger partial charge in [-0.15, -0.1) is 0 Å². The van der Waals surface area contributed by atoms with Gasteiger partial charge in [0.1, 0.15) is 0 Å². The number of hydrogen-bond donors (Lipinski definition) is 0. The number of aromatic nitrogens is 2. The first-order valence-corrected chi connectivity index (χ1v) is 8.80. The molecule has 0 spiro atoms. The summed E-state index contributed by atoms with van der Waals surface area (Å²) in [6, 6.07) is 15.3. The Morgan fingerprint density at radius 1 is 1.10 bits per heavy atom. The number of aryl methyl sites for hydroxylation is 2. The van der Waals surface area contributed by atoms with Crippen LogP contribution in [0.5, 0.6) is 0 Å². The molecule has 0 amide bonds. The zero-order valence-corrected chi connectivity index (χ0v) is 13.7. The second-order valence-corrected chi connectivity index (χ2v) is 7.34. The number of rotatable bonds is 1. The predicted octanol–water partition coefficient (Wildman–Crippen LogP) is 3.24. The van der Waals surface area contributed by atoms with Gasteiger partial charge in [0, 0.05) is 0 Å². The Bertz CT molecular complexity index is 969. The molecule has 21 heavy (non-hydrogen) atoms. The maximum absolute atomic E-state index is 4.62. The van der Waals surface area contributed by atoms with Crippen molar-refractivity contribution in [2.24, 2.45) is 7.05 Å². The molecule has 3 heteroatoms. The Morgan fingerprint density at radius 2 is 1.95 bits per heavy atom. The molecular weight excluding hydrogens is 323 g/mol. The SMILES string of the molecule is Cc1ccccc1-c1c2cc3cc[se]c3cc2nc[n+]1C. The fraction of sp³-hybridized carbons (Fsp3) is 0.111. The third-order valence-corrected chi connectivity index (χ3v) is 5.79. The third-order valence-electron chi connectivity index (χ3n) is 3.95. The third kappa shape index (κ3) is 2.01. The Kier molecular flexibility index (Phi) is 2.91. The number of hydrogen-bond acceptors (Lipinski definition) is 1. The van der Waals surface area contributed by atoms with Gasteiger partial charge in [-0.3, -0.25) is 0 Å². The monoisotopic (exact) mass is 339 g/mol. The standard InChI is InChI=1S/C18H15N2Se/c1-12-5-3-4-6-14(12)18-15-9-13-7-8-21-17(13)10-16(15)19-11-20(18)2/h3-11H,1-2H3/q+1. The minimum absolute atomic E-state index is 0.464. The fourth-order valence-corrected chi connectivity index (χ4v) is 4.55. The number of fused-ring (bicyclic) bond motifs is 2. The van der Waals surface area contributed by atoms with Crippen molar-refractivity contribution < 1.29 is 4.57 Å². The zero-order chi connectivity index (χ0) is 14.4. The van der Waals surface area contributed by atoms with E-state index >= 15 is 0 Å². The molecule has 2 heterocycles. The fourth-order valence-electron chi connectivity index (χ4n) is 2.87.